The van der Waals surface area contributed by atoms with Crippen molar-refractivity contribution in [3.63, 3.8) is 0 Å². The minimum Gasteiger partial charge on any atom is -0.370 e. The van der Waals surface area contributed by atoms with Gasteiger partial charge in [-0.25, -0.2) is 9.37 Å². The lowest BCUT2D eigenvalue weighted by molar-refractivity contribution is 0.0395. The van der Waals surface area contributed by atoms with Gasteiger partial charge in [0, 0.05) is 47.9 Å². The van der Waals surface area contributed by atoms with Crippen molar-refractivity contribution < 1.29 is 9.13 Å². The van der Waals surface area contributed by atoms with Gasteiger partial charge in [-0.05, 0) is 29.7 Å². The van der Waals surface area contributed by atoms with Gasteiger partial charge in [0.2, 0.25) is 0 Å². The summed E-state index contributed by atoms with van der Waals surface area (Å²) in [5.74, 6) is 0.419. The smallest absolute Gasteiger partial charge is 0.134 e. The van der Waals surface area contributed by atoms with Crippen LogP contribution in [0.4, 0.5) is 10.2 Å². The molecule has 152 valence electrons. The fraction of sp³-hybridized carbons (Fsp3) is 0.217. The third kappa shape index (κ3) is 3.53. The number of benzene rings is 2. The van der Waals surface area contributed by atoms with Gasteiger partial charge in [-0.15, -0.1) is 0 Å². The first kappa shape index (κ1) is 19.0. The molecule has 0 aliphatic carbocycles. The van der Waals surface area contributed by atoms with Gasteiger partial charge in [0.15, 0.2) is 0 Å². The highest BCUT2D eigenvalue weighted by atomic mass is 35.5. The number of hydrogen-bond donors (Lipinski definition) is 0. The van der Waals surface area contributed by atoms with Crippen LogP contribution in [0.15, 0.2) is 60.9 Å². The summed E-state index contributed by atoms with van der Waals surface area (Å²) >= 11 is 5.96. The van der Waals surface area contributed by atoms with Crippen molar-refractivity contribution in [1.82, 2.24) is 14.8 Å². The SMILES string of the molecule is Cn1cc([C@@H]2CN(c3cc4ccccc4c(-c4ccc(Cl)cc4F)n3)CCO2)cn1. The summed E-state index contributed by atoms with van der Waals surface area (Å²) in [6.45, 7) is 1.95. The monoisotopic (exact) mass is 422 g/mol. The minimum absolute atomic E-state index is 0.0866. The van der Waals surface area contributed by atoms with Gasteiger partial charge in [0.25, 0.3) is 0 Å². The van der Waals surface area contributed by atoms with Gasteiger partial charge in [0.1, 0.15) is 17.7 Å². The molecule has 0 unspecified atom stereocenters. The summed E-state index contributed by atoms with van der Waals surface area (Å²) in [6.07, 6.45) is 3.71. The molecule has 1 saturated heterocycles. The van der Waals surface area contributed by atoms with Crippen LogP contribution in [0.3, 0.4) is 0 Å². The first-order valence-electron chi connectivity index (χ1n) is 9.79. The average Bonchev–Trinajstić information content (AvgIpc) is 3.20. The normalized spacial score (nSPS) is 16.9. The first-order chi connectivity index (χ1) is 14.6. The Hall–Kier alpha value is -2.96. The lowest BCUT2D eigenvalue weighted by Gasteiger charge is -2.33. The zero-order valence-corrected chi connectivity index (χ0v) is 17.2. The van der Waals surface area contributed by atoms with E-state index in [9.17, 15) is 4.39 Å². The zero-order valence-electron chi connectivity index (χ0n) is 16.4. The van der Waals surface area contributed by atoms with Crippen LogP contribution in [0.2, 0.25) is 5.02 Å². The van der Waals surface area contributed by atoms with Crippen LogP contribution in [0.1, 0.15) is 11.7 Å². The highest BCUT2D eigenvalue weighted by Crippen LogP contribution is 2.34. The van der Waals surface area contributed by atoms with E-state index in [4.69, 9.17) is 21.3 Å². The molecule has 0 N–H and O–H groups in total. The van der Waals surface area contributed by atoms with Crippen LogP contribution in [-0.4, -0.2) is 34.5 Å². The second-order valence-corrected chi connectivity index (χ2v) is 7.86. The Labute approximate surface area is 178 Å². The maximum atomic E-state index is 14.8. The molecule has 5 nitrogen and oxygen atoms in total. The van der Waals surface area contributed by atoms with Crippen molar-refractivity contribution >= 4 is 28.2 Å². The number of halogens is 2. The minimum atomic E-state index is -0.382. The Kier molecular flexibility index (Phi) is 4.89. The molecular formula is C23H20ClFN4O. The Bertz CT molecular complexity index is 1230. The van der Waals surface area contributed by atoms with Gasteiger partial charge in [0.05, 0.1) is 18.5 Å². The Morgan fingerprint density at radius 2 is 2.03 bits per heavy atom. The Balaban J connectivity index is 1.58. The summed E-state index contributed by atoms with van der Waals surface area (Å²) in [6, 6.07) is 14.7. The maximum absolute atomic E-state index is 14.8. The number of aromatic nitrogens is 3. The van der Waals surface area contributed by atoms with Gasteiger partial charge in [-0.2, -0.15) is 5.10 Å². The van der Waals surface area contributed by atoms with E-state index >= 15 is 0 Å². The molecule has 1 aliphatic rings. The van der Waals surface area contributed by atoms with Crippen LogP contribution in [0.25, 0.3) is 22.0 Å². The van der Waals surface area contributed by atoms with Gasteiger partial charge in [-0.3, -0.25) is 4.68 Å². The average molecular weight is 423 g/mol. The molecule has 1 aliphatic heterocycles. The number of hydrogen-bond acceptors (Lipinski definition) is 4. The number of aryl methyl sites for hydroxylation is 1. The zero-order chi connectivity index (χ0) is 20.7. The predicted octanol–water partition coefficient (Wildman–Crippen LogP) is 5.01. The van der Waals surface area contributed by atoms with Crippen LogP contribution in [0.5, 0.6) is 0 Å². The number of anilines is 1. The molecule has 0 spiro atoms. The summed E-state index contributed by atoms with van der Waals surface area (Å²) in [4.78, 5) is 7.07. The fourth-order valence-corrected chi connectivity index (χ4v) is 4.06. The highest BCUT2D eigenvalue weighted by molar-refractivity contribution is 6.30. The van der Waals surface area contributed by atoms with Crippen molar-refractivity contribution in [1.29, 1.82) is 0 Å². The maximum Gasteiger partial charge on any atom is 0.134 e. The van der Waals surface area contributed by atoms with Crippen LogP contribution < -0.4 is 4.90 Å². The summed E-state index contributed by atoms with van der Waals surface area (Å²) in [7, 11) is 1.89. The quantitative estimate of drug-likeness (QED) is 0.465. The van der Waals surface area contributed by atoms with Crippen LogP contribution >= 0.6 is 11.6 Å². The topological polar surface area (TPSA) is 43.2 Å². The number of rotatable bonds is 3. The molecule has 0 bridgehead atoms. The molecule has 1 atom stereocenters. The van der Waals surface area contributed by atoms with E-state index in [1.54, 1.807) is 16.8 Å². The molecule has 2 aromatic heterocycles. The Morgan fingerprint density at radius 1 is 1.17 bits per heavy atom. The lowest BCUT2D eigenvalue weighted by Crippen LogP contribution is -2.38. The van der Waals surface area contributed by atoms with Gasteiger partial charge < -0.3 is 9.64 Å². The largest absolute Gasteiger partial charge is 0.370 e. The van der Waals surface area contributed by atoms with Gasteiger partial charge >= 0.3 is 0 Å². The molecule has 0 saturated carbocycles. The Morgan fingerprint density at radius 3 is 2.83 bits per heavy atom. The third-order valence-electron chi connectivity index (χ3n) is 5.40. The number of fused-ring (bicyclic) bond motifs is 1. The number of morpholine rings is 1. The van der Waals surface area contributed by atoms with E-state index in [-0.39, 0.29) is 11.9 Å². The number of pyridine rings is 1. The standard InChI is InChI=1S/C23H20ClFN4O/c1-28-13-16(12-26-28)21-14-29(8-9-30-21)22-10-15-4-2-3-5-18(15)23(27-22)19-7-6-17(24)11-20(19)25/h2-7,10-13,21H,8-9,14H2,1H3/t21-/m0/s1. The van der Waals surface area contributed by atoms with Crippen molar-refractivity contribution in [2.24, 2.45) is 7.05 Å². The second kappa shape index (κ2) is 7.70. The molecule has 1 fully saturated rings. The lowest BCUT2D eigenvalue weighted by atomic mass is 10.0. The summed E-state index contributed by atoms with van der Waals surface area (Å²) < 4.78 is 22.5. The van der Waals surface area contributed by atoms with E-state index in [1.807, 2.05) is 43.7 Å². The molecular weight excluding hydrogens is 403 g/mol. The molecule has 4 aromatic rings. The fourth-order valence-electron chi connectivity index (χ4n) is 3.90. The van der Waals surface area contributed by atoms with E-state index in [0.717, 1.165) is 22.2 Å². The summed E-state index contributed by atoms with van der Waals surface area (Å²) in [5, 5.41) is 6.53. The van der Waals surface area contributed by atoms with Crippen LogP contribution in [0, 0.1) is 5.82 Å². The van der Waals surface area contributed by atoms with E-state index in [1.165, 1.54) is 6.07 Å². The van der Waals surface area contributed by atoms with Crippen molar-refractivity contribution in [3.8, 4) is 11.3 Å². The number of nitrogens with zero attached hydrogens (tertiary/aromatic N) is 4. The molecule has 0 radical (unpaired) electrons. The molecule has 30 heavy (non-hydrogen) atoms. The second-order valence-electron chi connectivity index (χ2n) is 7.43. The van der Waals surface area contributed by atoms with Crippen LogP contribution in [-0.2, 0) is 11.8 Å². The van der Waals surface area contributed by atoms with Crippen molar-refractivity contribution in [2.75, 3.05) is 24.6 Å². The molecule has 7 heteroatoms. The first-order valence-corrected chi connectivity index (χ1v) is 10.2. The highest BCUT2D eigenvalue weighted by Gasteiger charge is 2.25. The predicted molar refractivity (Wildman–Crippen MR) is 116 cm³/mol. The molecule has 2 aromatic carbocycles. The van der Waals surface area contributed by atoms with Gasteiger partial charge in [-0.1, -0.05) is 35.9 Å². The molecule has 3 heterocycles. The molecule has 5 rings (SSSR count). The summed E-state index contributed by atoms with van der Waals surface area (Å²) in [5.41, 5.74) is 2.09. The van der Waals surface area contributed by atoms with E-state index < -0.39 is 0 Å². The number of ether oxygens (including phenoxy) is 1. The molecule has 0 amide bonds. The third-order valence-corrected chi connectivity index (χ3v) is 5.64. The van der Waals surface area contributed by atoms with Crippen molar-refractivity contribution in [2.45, 2.75) is 6.10 Å². The van der Waals surface area contributed by atoms with E-state index in [0.29, 0.717) is 36.0 Å². The van der Waals surface area contributed by atoms with Crippen molar-refractivity contribution in [3.05, 3.63) is 77.3 Å². The van der Waals surface area contributed by atoms with E-state index in [2.05, 4.69) is 16.1 Å².